The van der Waals surface area contributed by atoms with Crippen LogP contribution in [0.25, 0.3) is 37.6 Å². The Labute approximate surface area is 369 Å². The fraction of sp³-hybridized carbons (Fsp3) is 0. The van der Waals surface area contributed by atoms with Gasteiger partial charge in [-0.2, -0.15) is 13.5 Å². The minimum absolute atomic E-state index is 0. The number of non-ortho nitro benzene ring substituents is 2. The Hall–Kier alpha value is -8.44. The van der Waals surface area contributed by atoms with Gasteiger partial charge in [0.25, 0.3) is 21.5 Å². The molecule has 0 saturated carbocycles. The third-order valence-electron chi connectivity index (χ3n) is 9.26. The van der Waals surface area contributed by atoms with E-state index in [4.69, 9.17) is 0 Å². The Morgan fingerprint density at radius 2 is 1.08 bits per heavy atom. The van der Waals surface area contributed by atoms with Gasteiger partial charge in [-0.1, -0.05) is 97.1 Å². The molecule has 0 fully saturated rings. The van der Waals surface area contributed by atoms with Crippen molar-refractivity contribution >= 4 is 93.6 Å². The second kappa shape index (κ2) is 18.7. The SMILES string of the molecule is O=[N+]([O-])c1cc(N=Nc2c([N-]c3ccccc3)ccc3ccccc23)c(O)c([N+](=O)[O-])c1.O=[N+]([O-])c1ccc2c(N=Nc3c(O)ccc4ccccc34)c(O)cc(S(=O)(=O)O)c2c1.[Co]. The molecule has 1 radical (unpaired) electrons. The van der Waals surface area contributed by atoms with Crippen LogP contribution >= 0.6 is 0 Å². The van der Waals surface area contributed by atoms with Crippen LogP contribution in [0.2, 0.25) is 0 Å². The second-order valence-corrected chi connectivity index (χ2v) is 14.6. The van der Waals surface area contributed by atoms with Crippen LogP contribution in [0.15, 0.2) is 165 Å². The molecule has 0 bridgehead atoms. The van der Waals surface area contributed by atoms with Crippen LogP contribution in [0.4, 0.5) is 51.2 Å². The molecule has 0 heterocycles. The Morgan fingerprint density at radius 1 is 0.516 bits per heavy atom. The molecule has 22 heteroatoms. The van der Waals surface area contributed by atoms with Crippen molar-refractivity contribution in [1.82, 2.24) is 0 Å². The average molecular weight is 927 g/mol. The Morgan fingerprint density at radius 3 is 1.69 bits per heavy atom. The summed E-state index contributed by atoms with van der Waals surface area (Å²) in [5, 5.41) is 87.7. The first kappa shape index (κ1) is 45.1. The number of fused-ring (bicyclic) bond motifs is 3. The van der Waals surface area contributed by atoms with E-state index in [9.17, 15) is 58.6 Å². The smallest absolute Gasteiger partial charge is 0.319 e. The number of nitro benzene ring substituents is 3. The predicted molar refractivity (Wildman–Crippen MR) is 231 cm³/mol. The van der Waals surface area contributed by atoms with Gasteiger partial charge >= 0.3 is 5.69 Å². The summed E-state index contributed by atoms with van der Waals surface area (Å²) in [6, 6.07) is 35.9. The van der Waals surface area contributed by atoms with Crippen LogP contribution in [-0.4, -0.2) is 43.1 Å². The van der Waals surface area contributed by atoms with E-state index >= 15 is 0 Å². The predicted octanol–water partition coefficient (Wildman–Crippen LogP) is 12.1. The molecule has 0 saturated heterocycles. The van der Waals surface area contributed by atoms with Gasteiger partial charge in [-0.05, 0) is 22.9 Å². The van der Waals surface area contributed by atoms with Crippen LogP contribution in [0, 0.1) is 30.3 Å². The minimum atomic E-state index is -4.81. The maximum absolute atomic E-state index is 11.7. The molecule has 8 rings (SSSR count). The van der Waals surface area contributed by atoms with Gasteiger partial charge in [0, 0.05) is 62.6 Å². The van der Waals surface area contributed by atoms with Gasteiger partial charge in [0.2, 0.25) is 5.75 Å². The average Bonchev–Trinajstić information content (AvgIpc) is 3.26. The molecule has 0 aromatic heterocycles. The first-order chi connectivity index (χ1) is 30.1. The van der Waals surface area contributed by atoms with Gasteiger partial charge in [-0.3, -0.25) is 34.9 Å². The zero-order valence-corrected chi connectivity index (χ0v) is 34.0. The second-order valence-electron chi connectivity index (χ2n) is 13.2. The van der Waals surface area contributed by atoms with E-state index in [-0.39, 0.29) is 44.7 Å². The molecule has 20 nitrogen and oxygen atoms in total. The van der Waals surface area contributed by atoms with E-state index in [2.05, 4.69) is 25.8 Å². The molecule has 4 N–H and O–H groups in total. The standard InChI is InChI=1S/C22H14N5O5.C20H13N3O7S.Co/c28-22-19(12-16(26(29)30)13-20(22)27(31)32)24-25-21-17-9-5-4-6-14(17)10-11-18(21)23-15-7-2-1-3-8-15;24-16-8-5-11-3-1-2-4-13(11)19(16)21-22-20-14-7-6-12(23(26)27)9-15(14)18(10-17(20)25)31(28,29)30;/h1-13H,(H-,23,24,25,28);1-10,24-25H,(H,28,29,30);/q-1;;. The van der Waals surface area contributed by atoms with Crippen LogP contribution in [-0.2, 0) is 26.9 Å². The number of phenolic OH excluding ortho intramolecular Hbond substituents is 3. The Bertz CT molecular complexity index is 3340. The normalized spacial score (nSPS) is 11.3. The molecular formula is C42H27CoN8O12S-. The fourth-order valence-corrected chi connectivity index (χ4v) is 7.03. The van der Waals surface area contributed by atoms with E-state index in [1.54, 1.807) is 36.4 Å². The molecule has 8 aromatic carbocycles. The van der Waals surface area contributed by atoms with Crippen LogP contribution < -0.4 is 0 Å². The minimum Gasteiger partial charge on any atom is -0.656 e. The molecule has 0 spiro atoms. The number of benzene rings is 8. The Kier molecular flexibility index (Phi) is 13.2. The number of aromatic hydroxyl groups is 3. The Balaban J connectivity index is 0.000000209. The number of nitro groups is 3. The number of hydrogen-bond acceptors (Lipinski definition) is 15. The molecule has 8 aromatic rings. The van der Waals surface area contributed by atoms with E-state index in [0.717, 1.165) is 35.0 Å². The van der Waals surface area contributed by atoms with Gasteiger partial charge in [-0.25, -0.2) is 0 Å². The number of rotatable bonds is 10. The number of para-hydroxylation sites is 1. The van der Waals surface area contributed by atoms with E-state index in [1.165, 1.54) is 12.1 Å². The summed E-state index contributed by atoms with van der Waals surface area (Å²) < 4.78 is 33.0. The molecule has 64 heavy (non-hydrogen) atoms. The zero-order chi connectivity index (χ0) is 45.0. The van der Waals surface area contributed by atoms with Crippen molar-refractivity contribution in [2.75, 3.05) is 0 Å². The van der Waals surface area contributed by atoms with Gasteiger partial charge in [0.1, 0.15) is 33.5 Å². The van der Waals surface area contributed by atoms with Crippen molar-refractivity contribution in [3.63, 3.8) is 0 Å². The van der Waals surface area contributed by atoms with Crippen LogP contribution in [0.1, 0.15) is 0 Å². The molecule has 0 aliphatic carbocycles. The fourth-order valence-electron chi connectivity index (χ4n) is 6.33. The molecule has 0 unspecified atom stereocenters. The molecule has 0 aliphatic rings. The maximum atomic E-state index is 11.7. The number of azo groups is 2. The van der Waals surface area contributed by atoms with Crippen LogP contribution in [0.5, 0.6) is 17.2 Å². The van der Waals surface area contributed by atoms with Crippen molar-refractivity contribution in [3.8, 4) is 17.2 Å². The summed E-state index contributed by atoms with van der Waals surface area (Å²) in [5.74, 6) is -1.61. The van der Waals surface area contributed by atoms with Crippen molar-refractivity contribution in [2.45, 2.75) is 4.90 Å². The molecule has 0 aliphatic heterocycles. The number of hydrogen-bond donors (Lipinski definition) is 4. The summed E-state index contributed by atoms with van der Waals surface area (Å²) in [5.41, 5.74) is -0.819. The molecule has 0 atom stereocenters. The summed E-state index contributed by atoms with van der Waals surface area (Å²) in [7, 11) is -4.81. The number of phenols is 3. The third kappa shape index (κ3) is 9.54. The maximum Gasteiger partial charge on any atom is 0.319 e. The molecule has 0 amide bonds. The third-order valence-corrected chi connectivity index (χ3v) is 10.2. The summed E-state index contributed by atoms with van der Waals surface area (Å²) in [4.78, 5) is 30.3. The first-order valence-corrected chi connectivity index (χ1v) is 19.4. The van der Waals surface area contributed by atoms with Crippen molar-refractivity contribution in [3.05, 3.63) is 175 Å². The largest absolute Gasteiger partial charge is 0.656 e. The number of nitrogens with zero attached hydrogens (tertiary/aromatic N) is 8. The topological polar surface area (TPSA) is 308 Å². The molecule has 323 valence electrons. The van der Waals surface area contributed by atoms with E-state index < -0.39 is 64.0 Å². The van der Waals surface area contributed by atoms with Gasteiger partial charge < -0.3 is 20.6 Å². The quantitative estimate of drug-likeness (QED) is 0.0430. The summed E-state index contributed by atoms with van der Waals surface area (Å²) in [6.07, 6.45) is 0. The van der Waals surface area contributed by atoms with Crippen LogP contribution in [0.3, 0.4) is 0 Å². The monoisotopic (exact) mass is 926 g/mol. The van der Waals surface area contributed by atoms with Crippen molar-refractivity contribution in [1.29, 1.82) is 0 Å². The summed E-state index contributed by atoms with van der Waals surface area (Å²) in [6.45, 7) is 0. The summed E-state index contributed by atoms with van der Waals surface area (Å²) >= 11 is 0. The van der Waals surface area contributed by atoms with Gasteiger partial charge in [-0.15, -0.1) is 26.7 Å². The van der Waals surface area contributed by atoms with E-state index in [1.807, 2.05) is 60.7 Å². The van der Waals surface area contributed by atoms with Crippen molar-refractivity contribution < 1.29 is 59.8 Å². The first-order valence-electron chi connectivity index (χ1n) is 18.0. The molecular weight excluding hydrogens is 900 g/mol. The van der Waals surface area contributed by atoms with E-state index in [0.29, 0.717) is 33.9 Å². The van der Waals surface area contributed by atoms with Crippen molar-refractivity contribution in [2.24, 2.45) is 20.5 Å². The zero-order valence-electron chi connectivity index (χ0n) is 32.2. The van der Waals surface area contributed by atoms with Gasteiger partial charge in [0.15, 0.2) is 0 Å². The van der Waals surface area contributed by atoms with Gasteiger partial charge in [0.05, 0.1) is 26.5 Å².